The van der Waals surface area contributed by atoms with Crippen LogP contribution < -0.4 is 10.2 Å². The molecule has 1 fully saturated rings. The van der Waals surface area contributed by atoms with Crippen molar-refractivity contribution >= 4 is 17.5 Å². The fourth-order valence-corrected chi connectivity index (χ4v) is 1.69. The monoisotopic (exact) mass is 258 g/mol. The van der Waals surface area contributed by atoms with Crippen LogP contribution in [-0.2, 0) is 9.59 Å². The van der Waals surface area contributed by atoms with Gasteiger partial charge in [0.05, 0.1) is 12.2 Å². The third-order valence-corrected chi connectivity index (χ3v) is 2.56. The molecule has 1 aromatic carbocycles. The largest absolute Gasteiger partial charge is 0.347 e. The first kappa shape index (κ1) is 12.4. The molecule has 18 heavy (non-hydrogen) atoms. The predicted octanol–water partition coefficient (Wildman–Crippen LogP) is 0.957. The third kappa shape index (κ3) is 2.29. The number of hydrogen-bond donors (Lipinski definition) is 1. The molecule has 0 unspecified atom stereocenters. The topological polar surface area (TPSA) is 49.4 Å². The van der Waals surface area contributed by atoms with Crippen molar-refractivity contribution in [2.45, 2.75) is 6.42 Å². The van der Waals surface area contributed by atoms with Crippen LogP contribution in [0.4, 0.5) is 18.9 Å². The number of nitrogens with one attached hydrogen (secondary N) is 1. The van der Waals surface area contributed by atoms with Crippen LogP contribution >= 0.6 is 0 Å². The summed E-state index contributed by atoms with van der Waals surface area (Å²) < 4.78 is 39.6. The molecule has 1 aliphatic rings. The van der Waals surface area contributed by atoms with E-state index < -0.39 is 29.0 Å². The number of amides is 2. The highest BCUT2D eigenvalue weighted by molar-refractivity contribution is 5.98. The first-order valence-corrected chi connectivity index (χ1v) is 5.20. The zero-order valence-electron chi connectivity index (χ0n) is 9.17. The average Bonchev–Trinajstić information content (AvgIpc) is 2.47. The van der Waals surface area contributed by atoms with Gasteiger partial charge in [-0.05, 0) is 0 Å². The highest BCUT2D eigenvalue weighted by atomic mass is 19.2. The van der Waals surface area contributed by atoms with E-state index in [4.69, 9.17) is 0 Å². The van der Waals surface area contributed by atoms with Gasteiger partial charge in [-0.25, -0.2) is 13.2 Å². The Balaban J connectivity index is 2.40. The molecule has 96 valence electrons. The van der Waals surface area contributed by atoms with E-state index in [1.54, 1.807) is 0 Å². The molecule has 1 saturated heterocycles. The van der Waals surface area contributed by atoms with Crippen LogP contribution in [-0.4, -0.2) is 24.9 Å². The maximum atomic E-state index is 13.5. The van der Waals surface area contributed by atoms with Gasteiger partial charge in [0.15, 0.2) is 11.6 Å². The lowest BCUT2D eigenvalue weighted by atomic mass is 10.2. The molecule has 0 bridgehead atoms. The lowest BCUT2D eigenvalue weighted by molar-refractivity contribution is -0.123. The van der Waals surface area contributed by atoms with E-state index in [1.165, 1.54) is 0 Å². The molecular weight excluding hydrogens is 249 g/mol. The SMILES string of the molecule is O=C1CCN(c2cc(F)cc(F)c2F)C(=O)CN1. The van der Waals surface area contributed by atoms with Gasteiger partial charge in [-0.1, -0.05) is 0 Å². The van der Waals surface area contributed by atoms with Crippen LogP contribution in [0.3, 0.4) is 0 Å². The Kier molecular flexibility index (Phi) is 3.22. The number of rotatable bonds is 1. The average molecular weight is 258 g/mol. The second-order valence-corrected chi connectivity index (χ2v) is 3.79. The van der Waals surface area contributed by atoms with Gasteiger partial charge < -0.3 is 10.2 Å². The first-order valence-electron chi connectivity index (χ1n) is 5.20. The molecule has 0 radical (unpaired) electrons. The van der Waals surface area contributed by atoms with Gasteiger partial charge in [0.25, 0.3) is 0 Å². The van der Waals surface area contributed by atoms with Gasteiger partial charge in [-0.15, -0.1) is 0 Å². The summed E-state index contributed by atoms with van der Waals surface area (Å²) in [6.07, 6.45) is -0.0523. The van der Waals surface area contributed by atoms with Gasteiger partial charge >= 0.3 is 0 Å². The van der Waals surface area contributed by atoms with Gasteiger partial charge in [0.2, 0.25) is 11.8 Å². The highest BCUT2D eigenvalue weighted by Crippen LogP contribution is 2.24. The summed E-state index contributed by atoms with van der Waals surface area (Å²) in [4.78, 5) is 23.6. The van der Waals surface area contributed by atoms with Crippen LogP contribution in [0.15, 0.2) is 12.1 Å². The second kappa shape index (κ2) is 4.67. The minimum atomic E-state index is -1.37. The minimum Gasteiger partial charge on any atom is -0.347 e. The number of benzene rings is 1. The van der Waals surface area contributed by atoms with Gasteiger partial charge in [0.1, 0.15) is 5.82 Å². The maximum absolute atomic E-state index is 13.5. The van der Waals surface area contributed by atoms with E-state index >= 15 is 0 Å². The van der Waals surface area contributed by atoms with Gasteiger partial charge in [-0.2, -0.15) is 0 Å². The standard InChI is InChI=1S/C11H9F3N2O2/c12-6-3-7(13)11(14)8(4-6)16-2-1-9(17)15-5-10(16)18/h3-4H,1-2,5H2,(H,15,17). The summed E-state index contributed by atoms with van der Waals surface area (Å²) in [6, 6.07) is 1.12. The van der Waals surface area contributed by atoms with E-state index in [1.807, 2.05) is 0 Å². The molecular formula is C11H9F3N2O2. The van der Waals surface area contributed by atoms with Gasteiger partial charge in [-0.3, -0.25) is 9.59 Å². The van der Waals surface area contributed by atoms with Crippen LogP contribution in [0.5, 0.6) is 0 Å². The minimum absolute atomic E-state index is 0.0523. The summed E-state index contributed by atoms with van der Waals surface area (Å²) >= 11 is 0. The fourth-order valence-electron chi connectivity index (χ4n) is 1.69. The lowest BCUT2D eigenvalue weighted by Gasteiger charge is -2.20. The number of carbonyl (C=O) groups is 2. The Morgan fingerprint density at radius 2 is 1.89 bits per heavy atom. The van der Waals surface area contributed by atoms with Crippen molar-refractivity contribution in [3.63, 3.8) is 0 Å². The van der Waals surface area contributed by atoms with Gasteiger partial charge in [0, 0.05) is 25.1 Å². The molecule has 1 heterocycles. The van der Waals surface area contributed by atoms with Crippen molar-refractivity contribution in [1.29, 1.82) is 0 Å². The molecule has 4 nitrogen and oxygen atoms in total. The molecule has 2 amide bonds. The number of halogens is 3. The van der Waals surface area contributed by atoms with Crippen LogP contribution in [0.1, 0.15) is 6.42 Å². The molecule has 0 saturated carbocycles. The van der Waals surface area contributed by atoms with E-state index in [2.05, 4.69) is 5.32 Å². The molecule has 1 N–H and O–H groups in total. The Morgan fingerprint density at radius 3 is 2.61 bits per heavy atom. The predicted molar refractivity (Wildman–Crippen MR) is 56.3 cm³/mol. The number of anilines is 1. The van der Waals surface area contributed by atoms with E-state index in [-0.39, 0.29) is 25.4 Å². The smallest absolute Gasteiger partial charge is 0.246 e. The molecule has 0 aromatic heterocycles. The Labute approximate surface area is 100 Å². The summed E-state index contributed by atoms with van der Waals surface area (Å²) in [5, 5.41) is 2.30. The molecule has 2 rings (SSSR count). The number of carbonyl (C=O) groups excluding carboxylic acids is 2. The first-order chi connectivity index (χ1) is 8.49. The zero-order valence-corrected chi connectivity index (χ0v) is 9.17. The van der Waals surface area contributed by atoms with Crippen molar-refractivity contribution < 1.29 is 22.8 Å². The Morgan fingerprint density at radius 1 is 1.17 bits per heavy atom. The Bertz CT molecular complexity index is 519. The highest BCUT2D eigenvalue weighted by Gasteiger charge is 2.25. The van der Waals surface area contributed by atoms with Crippen molar-refractivity contribution in [1.82, 2.24) is 5.32 Å². The van der Waals surface area contributed by atoms with Crippen LogP contribution in [0, 0.1) is 17.5 Å². The molecule has 7 heteroatoms. The number of nitrogens with zero attached hydrogens (tertiary/aromatic N) is 1. The fraction of sp³-hybridized carbons (Fsp3) is 0.273. The normalized spacial score (nSPS) is 16.5. The number of hydrogen-bond acceptors (Lipinski definition) is 2. The van der Waals surface area contributed by atoms with Crippen molar-refractivity contribution in [3.05, 3.63) is 29.6 Å². The van der Waals surface area contributed by atoms with E-state index in [0.717, 1.165) is 11.0 Å². The van der Waals surface area contributed by atoms with Crippen molar-refractivity contribution in [3.8, 4) is 0 Å². The van der Waals surface area contributed by atoms with Crippen molar-refractivity contribution in [2.75, 3.05) is 18.0 Å². The Hall–Kier alpha value is -2.05. The summed E-state index contributed by atoms with van der Waals surface area (Å²) in [5.74, 6) is -4.66. The van der Waals surface area contributed by atoms with Crippen LogP contribution in [0.2, 0.25) is 0 Å². The summed E-state index contributed by atoms with van der Waals surface area (Å²) in [5.41, 5.74) is -0.492. The zero-order chi connectivity index (χ0) is 13.3. The summed E-state index contributed by atoms with van der Waals surface area (Å²) in [6.45, 7) is -0.444. The quantitative estimate of drug-likeness (QED) is 0.763. The van der Waals surface area contributed by atoms with Crippen LogP contribution in [0.25, 0.3) is 0 Å². The maximum Gasteiger partial charge on any atom is 0.246 e. The second-order valence-electron chi connectivity index (χ2n) is 3.79. The molecule has 0 spiro atoms. The van der Waals surface area contributed by atoms with E-state index in [0.29, 0.717) is 6.07 Å². The molecule has 1 aromatic rings. The molecule has 0 aliphatic carbocycles. The summed E-state index contributed by atoms with van der Waals surface area (Å²) in [7, 11) is 0. The third-order valence-electron chi connectivity index (χ3n) is 2.56. The lowest BCUT2D eigenvalue weighted by Crippen LogP contribution is -2.36. The molecule has 1 aliphatic heterocycles. The van der Waals surface area contributed by atoms with Crippen molar-refractivity contribution in [2.24, 2.45) is 0 Å². The molecule has 0 atom stereocenters. The van der Waals surface area contributed by atoms with E-state index in [9.17, 15) is 22.8 Å².